The maximum atomic E-state index is 14.2. The molecule has 1 aromatic rings. The first-order valence-electron chi connectivity index (χ1n) is 14.4. The zero-order valence-corrected chi connectivity index (χ0v) is 23.3. The van der Waals surface area contributed by atoms with Crippen molar-refractivity contribution in [2.24, 2.45) is 11.8 Å². The van der Waals surface area contributed by atoms with Crippen LogP contribution in [0.2, 0.25) is 0 Å². The van der Waals surface area contributed by atoms with E-state index in [9.17, 15) is 9.59 Å². The number of carbonyl (C=O) groups excluding carboxylic acids is 2. The van der Waals surface area contributed by atoms with Gasteiger partial charge in [0.2, 0.25) is 5.91 Å². The predicted octanol–water partition coefficient (Wildman–Crippen LogP) is 2.27. The van der Waals surface area contributed by atoms with Crippen LogP contribution in [0.5, 0.6) is 0 Å². The zero-order chi connectivity index (χ0) is 26.8. The van der Waals surface area contributed by atoms with Gasteiger partial charge < -0.3 is 29.9 Å². The van der Waals surface area contributed by atoms with E-state index in [1.807, 2.05) is 16.7 Å². The molecule has 210 valence electrons. The first kappa shape index (κ1) is 27.3. The highest BCUT2D eigenvalue weighted by molar-refractivity contribution is 5.98. The molecule has 5 rings (SSSR count). The summed E-state index contributed by atoms with van der Waals surface area (Å²) in [5, 5.41) is 6.99. The molecule has 0 radical (unpaired) electrons. The quantitative estimate of drug-likeness (QED) is 0.503. The number of amides is 2. The van der Waals surface area contributed by atoms with E-state index in [4.69, 9.17) is 14.5 Å². The van der Waals surface area contributed by atoms with Crippen LogP contribution in [0.3, 0.4) is 0 Å². The summed E-state index contributed by atoms with van der Waals surface area (Å²) >= 11 is 0. The van der Waals surface area contributed by atoms with Gasteiger partial charge in [-0.1, -0.05) is 13.8 Å². The number of carbonyl (C=O) groups is 2. The van der Waals surface area contributed by atoms with Gasteiger partial charge in [-0.25, -0.2) is 9.97 Å². The van der Waals surface area contributed by atoms with Crippen LogP contribution in [0, 0.1) is 11.8 Å². The third-order valence-corrected chi connectivity index (χ3v) is 8.34. The molecule has 2 N–H and O–H groups in total. The summed E-state index contributed by atoms with van der Waals surface area (Å²) in [7, 11) is 1.74. The average molecular weight is 529 g/mol. The Bertz CT molecular complexity index is 996. The Morgan fingerprint density at radius 3 is 2.74 bits per heavy atom. The van der Waals surface area contributed by atoms with Crippen molar-refractivity contribution in [2.45, 2.75) is 83.0 Å². The summed E-state index contributed by atoms with van der Waals surface area (Å²) in [5.41, 5.74) is 0.520. The maximum absolute atomic E-state index is 14.2. The number of nitrogens with one attached hydrogen (secondary N) is 2. The number of anilines is 1. The van der Waals surface area contributed by atoms with Crippen molar-refractivity contribution < 1.29 is 19.1 Å². The van der Waals surface area contributed by atoms with Crippen LogP contribution >= 0.6 is 0 Å². The first-order valence-corrected chi connectivity index (χ1v) is 14.4. The molecule has 0 bridgehead atoms. The molecule has 0 aromatic carbocycles. The van der Waals surface area contributed by atoms with Crippen LogP contribution in [0.1, 0.15) is 75.0 Å². The van der Waals surface area contributed by atoms with Crippen LogP contribution in [0.4, 0.5) is 5.82 Å². The standard InChI is InChI=1S/C28H44N6O4/c1-17(2)15-34(22-9-20(12-29-13-22)27(35)33-7-8-38-16-18(33)3)28(36)24-14-30-25(19-5-6-19)32-26(24)31-21-10-23(11-21)37-4/h14,17-23,29H,5-13,15-16H2,1-4H3,(H,30,31,32)/t18-,20+,21?,22-,23?/m0/s1. The summed E-state index contributed by atoms with van der Waals surface area (Å²) in [6, 6.07) is 0.229. The van der Waals surface area contributed by atoms with Crippen LogP contribution in [0.25, 0.3) is 0 Å². The van der Waals surface area contributed by atoms with Crippen LogP contribution in [-0.4, -0.2) is 102 Å². The Kier molecular flexibility index (Phi) is 8.50. The maximum Gasteiger partial charge on any atom is 0.259 e. The van der Waals surface area contributed by atoms with E-state index in [0.717, 1.165) is 31.5 Å². The fourth-order valence-corrected chi connectivity index (χ4v) is 5.85. The van der Waals surface area contributed by atoms with Crippen LogP contribution < -0.4 is 10.6 Å². The van der Waals surface area contributed by atoms with Gasteiger partial charge in [-0.2, -0.15) is 0 Å². The number of morpholine rings is 1. The number of piperidine rings is 1. The molecule has 2 saturated heterocycles. The number of rotatable bonds is 9. The molecule has 4 fully saturated rings. The number of ether oxygens (including phenoxy) is 2. The lowest BCUT2D eigenvalue weighted by atomic mass is 9.89. The van der Waals surface area contributed by atoms with Crippen molar-refractivity contribution in [3.8, 4) is 0 Å². The fourth-order valence-electron chi connectivity index (χ4n) is 5.85. The third-order valence-electron chi connectivity index (χ3n) is 8.34. The summed E-state index contributed by atoms with van der Waals surface area (Å²) in [6.45, 7) is 9.98. The molecule has 0 spiro atoms. The molecule has 2 saturated carbocycles. The van der Waals surface area contributed by atoms with Crippen LogP contribution in [0.15, 0.2) is 6.20 Å². The van der Waals surface area contributed by atoms with Gasteiger partial charge >= 0.3 is 0 Å². The zero-order valence-electron chi connectivity index (χ0n) is 23.3. The number of methoxy groups -OCH3 is 1. The molecular formula is C28H44N6O4. The molecule has 0 unspecified atom stereocenters. The molecule has 10 nitrogen and oxygen atoms in total. The Balaban J connectivity index is 1.35. The summed E-state index contributed by atoms with van der Waals surface area (Å²) < 4.78 is 11.0. The van der Waals surface area contributed by atoms with Crippen molar-refractivity contribution in [1.82, 2.24) is 25.1 Å². The van der Waals surface area contributed by atoms with E-state index < -0.39 is 0 Å². The smallest absolute Gasteiger partial charge is 0.259 e. The molecule has 38 heavy (non-hydrogen) atoms. The average Bonchev–Trinajstić information content (AvgIpc) is 3.74. The molecule has 3 atom stereocenters. The van der Waals surface area contributed by atoms with E-state index in [1.165, 1.54) is 0 Å². The molecule has 2 aliphatic carbocycles. The first-order chi connectivity index (χ1) is 18.3. The summed E-state index contributed by atoms with van der Waals surface area (Å²) in [5.74, 6) is 2.08. The SMILES string of the molecule is COC1CC(Nc2nc(C3CC3)ncc2C(=O)N(CC(C)C)[C@@H]2CNC[C@H](C(=O)N3CCOC[C@@H]3C)C2)C1. The van der Waals surface area contributed by atoms with E-state index in [1.54, 1.807) is 13.3 Å². The molecule has 3 heterocycles. The van der Waals surface area contributed by atoms with E-state index in [0.29, 0.717) is 63.1 Å². The number of aromatic nitrogens is 2. The van der Waals surface area contributed by atoms with Crippen molar-refractivity contribution in [3.05, 3.63) is 17.6 Å². The Hall–Kier alpha value is -2.30. The minimum atomic E-state index is -0.163. The topological polar surface area (TPSA) is 109 Å². The highest BCUT2D eigenvalue weighted by Gasteiger charge is 2.38. The van der Waals surface area contributed by atoms with E-state index >= 15 is 0 Å². The van der Waals surface area contributed by atoms with E-state index in [-0.39, 0.29) is 47.9 Å². The second-order valence-electron chi connectivity index (χ2n) is 12.0. The number of hydrogen-bond acceptors (Lipinski definition) is 8. The molecule has 10 heteroatoms. The number of hydrogen-bond donors (Lipinski definition) is 2. The van der Waals surface area contributed by atoms with Gasteiger partial charge in [0.1, 0.15) is 17.2 Å². The lowest BCUT2D eigenvalue weighted by Crippen LogP contribution is -2.57. The number of nitrogens with zero attached hydrogens (tertiary/aromatic N) is 4. The fraction of sp³-hybridized carbons (Fsp3) is 0.786. The van der Waals surface area contributed by atoms with Crippen LogP contribution in [-0.2, 0) is 14.3 Å². The highest BCUT2D eigenvalue weighted by Crippen LogP contribution is 2.39. The summed E-state index contributed by atoms with van der Waals surface area (Å²) in [4.78, 5) is 41.0. The molecule has 2 aliphatic heterocycles. The monoisotopic (exact) mass is 528 g/mol. The van der Waals surface area contributed by atoms with E-state index in [2.05, 4.69) is 29.5 Å². The van der Waals surface area contributed by atoms with Gasteiger partial charge in [0.15, 0.2) is 0 Å². The van der Waals surface area contributed by atoms with Gasteiger partial charge in [-0.15, -0.1) is 0 Å². The van der Waals surface area contributed by atoms with Crippen molar-refractivity contribution >= 4 is 17.6 Å². The molecule has 2 amide bonds. The Labute approximate surface area is 226 Å². The van der Waals surface area contributed by atoms with Gasteiger partial charge in [-0.3, -0.25) is 9.59 Å². The third kappa shape index (κ3) is 6.13. The van der Waals surface area contributed by atoms with Crippen molar-refractivity contribution in [1.29, 1.82) is 0 Å². The highest BCUT2D eigenvalue weighted by atomic mass is 16.5. The van der Waals surface area contributed by atoms with Gasteiger partial charge in [0, 0.05) is 57.5 Å². The lowest BCUT2D eigenvalue weighted by molar-refractivity contribution is -0.144. The minimum Gasteiger partial charge on any atom is -0.381 e. The lowest BCUT2D eigenvalue weighted by Gasteiger charge is -2.41. The largest absolute Gasteiger partial charge is 0.381 e. The van der Waals surface area contributed by atoms with Gasteiger partial charge in [0.25, 0.3) is 5.91 Å². The Morgan fingerprint density at radius 1 is 1.26 bits per heavy atom. The Morgan fingerprint density at radius 2 is 2.05 bits per heavy atom. The minimum absolute atomic E-state index is 0.0641. The van der Waals surface area contributed by atoms with Gasteiger partial charge in [0.05, 0.1) is 31.3 Å². The predicted molar refractivity (Wildman–Crippen MR) is 144 cm³/mol. The van der Waals surface area contributed by atoms with Crippen molar-refractivity contribution in [3.63, 3.8) is 0 Å². The second kappa shape index (κ2) is 11.8. The van der Waals surface area contributed by atoms with Crippen molar-refractivity contribution in [2.75, 3.05) is 51.8 Å². The molecule has 1 aromatic heterocycles. The van der Waals surface area contributed by atoms with Gasteiger partial charge in [-0.05, 0) is 44.9 Å². The molecule has 4 aliphatic rings. The normalized spacial score (nSPS) is 29.6. The summed E-state index contributed by atoms with van der Waals surface area (Å²) in [6.07, 6.45) is 6.64. The second-order valence-corrected chi connectivity index (χ2v) is 12.0. The molecular weight excluding hydrogens is 484 g/mol.